The largest absolute Gasteiger partial charge is 0.496 e. The molecule has 1 amide bonds. The number of carbonyl (C=O) groups excluding carboxylic acids is 1. The Bertz CT molecular complexity index is 502. The topological polar surface area (TPSA) is 75.6 Å². The molecule has 2 N–H and O–H groups in total. The van der Waals surface area contributed by atoms with E-state index in [-0.39, 0.29) is 18.2 Å². The average Bonchev–Trinajstić information content (AvgIpc) is 2.36. The summed E-state index contributed by atoms with van der Waals surface area (Å²) in [5, 5.41) is 12.0. The maximum Gasteiger partial charge on any atom is 0.305 e. The molecule has 1 atom stereocenters. The molecule has 0 saturated heterocycles. The molecule has 0 aromatic heterocycles. The molecule has 20 heavy (non-hydrogen) atoms. The van der Waals surface area contributed by atoms with Crippen molar-refractivity contribution in [1.29, 1.82) is 0 Å². The smallest absolute Gasteiger partial charge is 0.305 e. The van der Waals surface area contributed by atoms with Crippen molar-refractivity contribution in [2.45, 2.75) is 26.3 Å². The van der Waals surface area contributed by atoms with E-state index in [1.165, 1.54) is 13.2 Å². The average molecular weight is 300 g/mol. The molecule has 1 aromatic rings. The van der Waals surface area contributed by atoms with Crippen LogP contribution in [0.1, 0.15) is 30.6 Å². The number of carboxylic acids is 1. The highest BCUT2D eigenvalue weighted by Crippen LogP contribution is 2.23. The zero-order valence-corrected chi connectivity index (χ0v) is 12.4. The minimum atomic E-state index is -0.952. The Hall–Kier alpha value is -1.75. The molecule has 0 aliphatic carbocycles. The van der Waals surface area contributed by atoms with Crippen LogP contribution in [-0.2, 0) is 4.79 Å². The number of aliphatic carboxylic acids is 1. The van der Waals surface area contributed by atoms with Gasteiger partial charge in [0.25, 0.3) is 5.91 Å². The summed E-state index contributed by atoms with van der Waals surface area (Å²) < 4.78 is 5.11. The highest BCUT2D eigenvalue weighted by molar-refractivity contribution is 6.30. The second-order valence-corrected chi connectivity index (χ2v) is 5.20. The summed E-state index contributed by atoms with van der Waals surface area (Å²) in [6.45, 7) is 3.71. The van der Waals surface area contributed by atoms with E-state index in [1.54, 1.807) is 12.1 Å². The van der Waals surface area contributed by atoms with E-state index in [0.717, 1.165) is 0 Å². The molecule has 0 fully saturated rings. The Morgan fingerprint density at radius 1 is 1.40 bits per heavy atom. The summed E-state index contributed by atoms with van der Waals surface area (Å²) in [5.41, 5.74) is 0.327. The van der Waals surface area contributed by atoms with Gasteiger partial charge >= 0.3 is 5.97 Å². The van der Waals surface area contributed by atoms with E-state index in [9.17, 15) is 9.59 Å². The first-order chi connectivity index (χ1) is 9.35. The second kappa shape index (κ2) is 7.14. The van der Waals surface area contributed by atoms with E-state index in [2.05, 4.69) is 5.32 Å². The fourth-order valence-electron chi connectivity index (χ4n) is 1.74. The van der Waals surface area contributed by atoms with Crippen molar-refractivity contribution < 1.29 is 19.4 Å². The van der Waals surface area contributed by atoms with Crippen molar-refractivity contribution in [1.82, 2.24) is 5.32 Å². The quantitative estimate of drug-likeness (QED) is 0.846. The van der Waals surface area contributed by atoms with Crippen LogP contribution in [0.25, 0.3) is 0 Å². The van der Waals surface area contributed by atoms with Gasteiger partial charge in [-0.2, -0.15) is 0 Å². The van der Waals surface area contributed by atoms with Gasteiger partial charge < -0.3 is 15.2 Å². The third-order valence-electron chi connectivity index (χ3n) is 2.92. The standard InChI is InChI=1S/C14H18ClNO4/c1-8(2)11(7-13(17)18)16-14(19)10-5-4-9(15)6-12(10)20-3/h4-6,8,11H,7H2,1-3H3,(H,16,19)(H,17,18). The molecule has 0 aliphatic heterocycles. The van der Waals surface area contributed by atoms with E-state index in [4.69, 9.17) is 21.4 Å². The van der Waals surface area contributed by atoms with Gasteiger partial charge in [0.05, 0.1) is 19.1 Å². The lowest BCUT2D eigenvalue weighted by Gasteiger charge is -2.21. The van der Waals surface area contributed by atoms with Crippen molar-refractivity contribution in [3.8, 4) is 5.75 Å². The molecule has 0 saturated carbocycles. The Labute approximate surface area is 122 Å². The number of nitrogens with one attached hydrogen (secondary N) is 1. The van der Waals surface area contributed by atoms with Crippen molar-refractivity contribution in [2.24, 2.45) is 5.92 Å². The molecule has 110 valence electrons. The monoisotopic (exact) mass is 299 g/mol. The van der Waals surface area contributed by atoms with Crippen molar-refractivity contribution in [2.75, 3.05) is 7.11 Å². The van der Waals surface area contributed by atoms with Gasteiger partial charge in [0, 0.05) is 11.1 Å². The summed E-state index contributed by atoms with van der Waals surface area (Å²) in [6, 6.07) is 4.23. The van der Waals surface area contributed by atoms with Crippen LogP contribution in [0.15, 0.2) is 18.2 Å². The summed E-state index contributed by atoms with van der Waals surface area (Å²) in [7, 11) is 1.44. The number of carbonyl (C=O) groups is 2. The molecule has 0 aliphatic rings. The molecular weight excluding hydrogens is 282 g/mol. The Balaban J connectivity index is 2.91. The van der Waals surface area contributed by atoms with Crippen LogP contribution < -0.4 is 10.1 Å². The third kappa shape index (κ3) is 4.42. The van der Waals surface area contributed by atoms with Crippen LogP contribution in [0.5, 0.6) is 5.75 Å². The first-order valence-electron chi connectivity index (χ1n) is 6.21. The fourth-order valence-corrected chi connectivity index (χ4v) is 1.90. The maximum atomic E-state index is 12.2. The van der Waals surface area contributed by atoms with Crippen LogP contribution in [0.3, 0.4) is 0 Å². The summed E-state index contributed by atoms with van der Waals surface area (Å²) >= 11 is 5.84. The number of amides is 1. The number of carboxylic acid groups (broad SMARTS) is 1. The van der Waals surface area contributed by atoms with Crippen molar-refractivity contribution >= 4 is 23.5 Å². The molecule has 1 unspecified atom stereocenters. The summed E-state index contributed by atoms with van der Waals surface area (Å²) in [6.07, 6.45) is -0.126. The number of methoxy groups -OCH3 is 1. The second-order valence-electron chi connectivity index (χ2n) is 4.77. The lowest BCUT2D eigenvalue weighted by atomic mass is 10.0. The third-order valence-corrected chi connectivity index (χ3v) is 3.16. The van der Waals surface area contributed by atoms with Crippen LogP contribution in [-0.4, -0.2) is 30.1 Å². The predicted molar refractivity (Wildman–Crippen MR) is 76.3 cm³/mol. The predicted octanol–water partition coefficient (Wildman–Crippen LogP) is 2.58. The first-order valence-corrected chi connectivity index (χ1v) is 6.59. The van der Waals surface area contributed by atoms with E-state index < -0.39 is 12.0 Å². The molecular formula is C14H18ClNO4. The summed E-state index contributed by atoms with van der Waals surface area (Å²) in [4.78, 5) is 23.0. The van der Waals surface area contributed by atoms with E-state index in [1.807, 2.05) is 13.8 Å². The first kappa shape index (κ1) is 16.3. The number of hydrogen-bond donors (Lipinski definition) is 2. The van der Waals surface area contributed by atoms with Gasteiger partial charge in [0.1, 0.15) is 5.75 Å². The lowest BCUT2D eigenvalue weighted by Crippen LogP contribution is -2.40. The van der Waals surface area contributed by atoms with Crippen LogP contribution in [0.2, 0.25) is 5.02 Å². The molecule has 6 heteroatoms. The Morgan fingerprint density at radius 2 is 2.05 bits per heavy atom. The maximum absolute atomic E-state index is 12.2. The van der Waals surface area contributed by atoms with Gasteiger partial charge in [0.15, 0.2) is 0 Å². The minimum absolute atomic E-state index is 0.00773. The fraction of sp³-hybridized carbons (Fsp3) is 0.429. The Morgan fingerprint density at radius 3 is 2.55 bits per heavy atom. The van der Waals surface area contributed by atoms with Crippen molar-refractivity contribution in [3.63, 3.8) is 0 Å². The molecule has 0 radical (unpaired) electrons. The molecule has 0 heterocycles. The van der Waals surface area contributed by atoms with Crippen LogP contribution >= 0.6 is 11.6 Å². The van der Waals surface area contributed by atoms with Crippen LogP contribution in [0, 0.1) is 5.92 Å². The number of ether oxygens (including phenoxy) is 1. The number of rotatable bonds is 6. The van der Waals surface area contributed by atoms with Gasteiger partial charge in [-0.3, -0.25) is 9.59 Å². The number of hydrogen-bond acceptors (Lipinski definition) is 3. The van der Waals surface area contributed by atoms with Gasteiger partial charge in [0.2, 0.25) is 0 Å². The normalized spacial score (nSPS) is 12.1. The molecule has 1 rings (SSSR count). The van der Waals surface area contributed by atoms with E-state index >= 15 is 0 Å². The highest BCUT2D eigenvalue weighted by atomic mass is 35.5. The van der Waals surface area contributed by atoms with Gasteiger partial charge in [-0.05, 0) is 24.1 Å². The van der Waals surface area contributed by atoms with Gasteiger partial charge in [-0.25, -0.2) is 0 Å². The van der Waals surface area contributed by atoms with Gasteiger partial charge in [-0.15, -0.1) is 0 Å². The zero-order chi connectivity index (χ0) is 15.3. The number of benzene rings is 1. The molecule has 0 spiro atoms. The van der Waals surface area contributed by atoms with Crippen molar-refractivity contribution in [3.05, 3.63) is 28.8 Å². The highest BCUT2D eigenvalue weighted by Gasteiger charge is 2.21. The summed E-state index contributed by atoms with van der Waals surface area (Å²) in [5.74, 6) is -0.966. The molecule has 5 nitrogen and oxygen atoms in total. The lowest BCUT2D eigenvalue weighted by molar-refractivity contribution is -0.137. The minimum Gasteiger partial charge on any atom is -0.496 e. The molecule has 0 bridgehead atoms. The zero-order valence-electron chi connectivity index (χ0n) is 11.6. The Kier molecular flexibility index (Phi) is 5.82. The molecule has 1 aromatic carbocycles. The van der Waals surface area contributed by atoms with Crippen LogP contribution in [0.4, 0.5) is 0 Å². The number of halogens is 1. The van der Waals surface area contributed by atoms with Gasteiger partial charge in [-0.1, -0.05) is 25.4 Å². The SMILES string of the molecule is COc1cc(Cl)ccc1C(=O)NC(CC(=O)O)C(C)C. The van der Waals surface area contributed by atoms with E-state index in [0.29, 0.717) is 16.3 Å².